The Bertz CT molecular complexity index is 600. The summed E-state index contributed by atoms with van der Waals surface area (Å²) in [5, 5.41) is 17.4. The van der Waals surface area contributed by atoms with E-state index in [-0.39, 0.29) is 19.0 Å². The number of nitrogens with two attached hydrogens (primary N) is 1. The van der Waals surface area contributed by atoms with E-state index in [1.165, 1.54) is 11.2 Å². The summed E-state index contributed by atoms with van der Waals surface area (Å²) < 4.78 is 0. The molecule has 0 aliphatic heterocycles. The molecule has 0 aliphatic rings. The molecule has 8 heteroatoms. The first-order valence-electron chi connectivity index (χ1n) is 4.71. The van der Waals surface area contributed by atoms with Crippen molar-refractivity contribution in [1.82, 2.24) is 19.9 Å². The van der Waals surface area contributed by atoms with Crippen LogP contribution in [0.3, 0.4) is 0 Å². The zero-order valence-corrected chi connectivity index (χ0v) is 8.75. The van der Waals surface area contributed by atoms with Crippen molar-refractivity contribution in [2.75, 3.05) is 23.7 Å². The first-order valence-corrected chi connectivity index (χ1v) is 4.71. The van der Waals surface area contributed by atoms with Crippen LogP contribution in [0.25, 0.3) is 11.2 Å². The number of nitrogen functional groups attached to an aromatic ring is 1. The summed E-state index contributed by atoms with van der Waals surface area (Å²) in [4.78, 5) is 16.3. The molecule has 2 aromatic heterocycles. The van der Waals surface area contributed by atoms with Gasteiger partial charge in [0, 0.05) is 0 Å². The van der Waals surface area contributed by atoms with Gasteiger partial charge in [-0.1, -0.05) is 0 Å². The summed E-state index contributed by atoms with van der Waals surface area (Å²) in [7, 11) is 0. The summed E-state index contributed by atoms with van der Waals surface area (Å²) >= 11 is 0. The smallest absolute Gasteiger partial charge is 0.224 e. The van der Waals surface area contributed by atoms with Crippen LogP contribution in [0, 0.1) is 22.7 Å². The number of hydrogen-bond acceptors (Lipinski definition) is 7. The minimum atomic E-state index is 0.0398. The fourth-order valence-electron chi connectivity index (χ4n) is 1.44. The summed E-state index contributed by atoms with van der Waals surface area (Å²) in [6, 6.07) is 3.93. The zero-order chi connectivity index (χ0) is 12.3. The second-order valence-electron chi connectivity index (χ2n) is 3.18. The highest BCUT2D eigenvalue weighted by Crippen LogP contribution is 2.21. The van der Waals surface area contributed by atoms with Crippen molar-refractivity contribution in [2.24, 2.45) is 0 Å². The number of nitriles is 2. The third kappa shape index (κ3) is 1.92. The van der Waals surface area contributed by atoms with Gasteiger partial charge < -0.3 is 15.6 Å². The highest BCUT2D eigenvalue weighted by Gasteiger charge is 2.15. The van der Waals surface area contributed by atoms with Crippen molar-refractivity contribution in [3.63, 3.8) is 0 Å². The Kier molecular flexibility index (Phi) is 2.71. The summed E-state index contributed by atoms with van der Waals surface area (Å²) in [5.74, 6) is 0.466. The van der Waals surface area contributed by atoms with Gasteiger partial charge in [0.05, 0.1) is 18.5 Å². The Morgan fingerprint density at radius 3 is 2.65 bits per heavy atom. The fraction of sp³-hybridized carbons (Fsp3) is 0.222. The van der Waals surface area contributed by atoms with Crippen molar-refractivity contribution in [2.45, 2.75) is 0 Å². The number of aromatic nitrogens is 4. The van der Waals surface area contributed by atoms with Gasteiger partial charge >= 0.3 is 0 Å². The predicted molar refractivity (Wildman–Crippen MR) is 59.5 cm³/mol. The first-order chi connectivity index (χ1) is 8.26. The number of fused-ring (bicyclic) bond motifs is 1. The van der Waals surface area contributed by atoms with E-state index in [1.54, 1.807) is 0 Å². The number of nitrogens with zero attached hydrogens (tertiary/aromatic N) is 6. The largest absolute Gasteiger partial charge is 0.368 e. The Morgan fingerprint density at radius 2 is 2.00 bits per heavy atom. The molecule has 0 bridgehead atoms. The Morgan fingerprint density at radius 1 is 1.29 bits per heavy atom. The quantitative estimate of drug-likeness (QED) is 0.694. The molecule has 0 saturated heterocycles. The maximum Gasteiger partial charge on any atom is 0.224 e. The van der Waals surface area contributed by atoms with Crippen LogP contribution >= 0.6 is 0 Å². The maximum absolute atomic E-state index is 8.72. The molecule has 2 heterocycles. The van der Waals surface area contributed by atoms with E-state index in [0.717, 1.165) is 0 Å². The van der Waals surface area contributed by atoms with Gasteiger partial charge in [-0.15, -0.1) is 0 Å². The number of imidazole rings is 1. The number of anilines is 2. The van der Waals surface area contributed by atoms with Crippen molar-refractivity contribution in [1.29, 1.82) is 10.5 Å². The van der Waals surface area contributed by atoms with Crippen LogP contribution in [0.5, 0.6) is 0 Å². The van der Waals surface area contributed by atoms with E-state index in [4.69, 9.17) is 16.3 Å². The molecule has 0 spiro atoms. The second kappa shape index (κ2) is 4.33. The average molecular weight is 228 g/mol. The minimum absolute atomic E-state index is 0.0398. The minimum Gasteiger partial charge on any atom is -0.368 e. The highest BCUT2D eigenvalue weighted by atomic mass is 15.2. The number of nitrogens with one attached hydrogen (secondary N) is 1. The van der Waals surface area contributed by atoms with Crippen molar-refractivity contribution in [3.05, 3.63) is 6.33 Å². The molecule has 0 atom stereocenters. The molecule has 3 N–H and O–H groups in total. The lowest BCUT2D eigenvalue weighted by molar-refractivity contribution is 0.937. The van der Waals surface area contributed by atoms with Gasteiger partial charge in [0.25, 0.3) is 0 Å². The normalized spacial score (nSPS) is 9.76. The molecule has 0 fully saturated rings. The topological polar surface area (TPSA) is 131 Å². The molecule has 0 amide bonds. The van der Waals surface area contributed by atoms with E-state index in [9.17, 15) is 0 Å². The molecule has 84 valence electrons. The van der Waals surface area contributed by atoms with Crippen LogP contribution in [0.1, 0.15) is 0 Å². The van der Waals surface area contributed by atoms with Gasteiger partial charge in [0.1, 0.15) is 18.6 Å². The average Bonchev–Trinajstić information content (AvgIpc) is 2.75. The van der Waals surface area contributed by atoms with Gasteiger partial charge in [-0.3, -0.25) is 0 Å². The van der Waals surface area contributed by atoms with Crippen LogP contribution in [0.4, 0.5) is 11.8 Å². The summed E-state index contributed by atoms with van der Waals surface area (Å²) in [6.45, 7) is 0.0796. The summed E-state index contributed by atoms with van der Waals surface area (Å²) in [6.07, 6.45) is 1.46. The number of rotatable bonds is 3. The molecule has 0 aliphatic carbocycles. The SMILES string of the molecule is N#CCN(CC#N)c1nc(N)nc2nc[nH]c12. The number of aromatic amines is 1. The summed E-state index contributed by atoms with van der Waals surface area (Å²) in [5.41, 5.74) is 6.52. The van der Waals surface area contributed by atoms with E-state index >= 15 is 0 Å². The number of H-pyrrole nitrogens is 1. The van der Waals surface area contributed by atoms with Crippen LogP contribution < -0.4 is 10.6 Å². The standard InChI is InChI=1S/C9H8N8/c10-1-3-17(4-2-11)8-6-7(14-5-13-6)15-9(12)16-8/h5H,3-4H2,(H3,12,13,14,15,16). The highest BCUT2D eigenvalue weighted by molar-refractivity contribution is 5.84. The molecule has 0 aromatic carbocycles. The van der Waals surface area contributed by atoms with Crippen LogP contribution in [-0.2, 0) is 0 Å². The van der Waals surface area contributed by atoms with Crippen LogP contribution in [0.15, 0.2) is 6.33 Å². The number of hydrogen-bond donors (Lipinski definition) is 2. The van der Waals surface area contributed by atoms with E-state index in [0.29, 0.717) is 17.0 Å². The zero-order valence-electron chi connectivity index (χ0n) is 8.75. The molecule has 2 aromatic rings. The predicted octanol–water partition coefficient (Wildman–Crippen LogP) is -0.211. The fourth-order valence-corrected chi connectivity index (χ4v) is 1.44. The first kappa shape index (κ1) is 10.6. The lowest BCUT2D eigenvalue weighted by atomic mass is 10.4. The third-order valence-electron chi connectivity index (χ3n) is 2.11. The molecule has 8 nitrogen and oxygen atoms in total. The Hall–Kier alpha value is -2.87. The lowest BCUT2D eigenvalue weighted by Gasteiger charge is -2.17. The van der Waals surface area contributed by atoms with Crippen molar-refractivity contribution >= 4 is 22.9 Å². The van der Waals surface area contributed by atoms with E-state index in [2.05, 4.69) is 19.9 Å². The third-order valence-corrected chi connectivity index (χ3v) is 2.11. The van der Waals surface area contributed by atoms with Crippen LogP contribution in [-0.4, -0.2) is 33.0 Å². The molecule has 2 rings (SSSR count). The molecular weight excluding hydrogens is 220 g/mol. The van der Waals surface area contributed by atoms with Crippen molar-refractivity contribution in [3.8, 4) is 12.1 Å². The Balaban J connectivity index is 2.56. The van der Waals surface area contributed by atoms with E-state index < -0.39 is 0 Å². The van der Waals surface area contributed by atoms with Gasteiger partial charge in [-0.2, -0.15) is 20.5 Å². The van der Waals surface area contributed by atoms with Crippen molar-refractivity contribution < 1.29 is 0 Å². The van der Waals surface area contributed by atoms with Gasteiger partial charge in [-0.25, -0.2) is 4.98 Å². The van der Waals surface area contributed by atoms with Gasteiger partial charge in [0.15, 0.2) is 11.5 Å². The monoisotopic (exact) mass is 228 g/mol. The van der Waals surface area contributed by atoms with E-state index in [1.807, 2.05) is 12.1 Å². The molecular formula is C9H8N8. The van der Waals surface area contributed by atoms with Crippen LogP contribution in [0.2, 0.25) is 0 Å². The molecule has 0 unspecified atom stereocenters. The maximum atomic E-state index is 8.72. The second-order valence-corrected chi connectivity index (χ2v) is 3.18. The Labute approximate surface area is 96.3 Å². The molecule has 0 saturated carbocycles. The molecule has 0 radical (unpaired) electrons. The van der Waals surface area contributed by atoms with Gasteiger partial charge in [-0.05, 0) is 0 Å². The lowest BCUT2D eigenvalue weighted by Crippen LogP contribution is -2.25. The molecule has 17 heavy (non-hydrogen) atoms. The van der Waals surface area contributed by atoms with Gasteiger partial charge in [0.2, 0.25) is 5.95 Å².